The number of thiophene rings is 1. The third-order valence-corrected chi connectivity index (χ3v) is 3.99. The summed E-state index contributed by atoms with van der Waals surface area (Å²) >= 11 is 4.75. The number of nitrogens with two attached hydrogens (primary N) is 1. The molecule has 0 saturated carbocycles. The lowest BCUT2D eigenvalue weighted by molar-refractivity contribution is 0.104. The molecule has 0 fully saturated rings. The maximum absolute atomic E-state index is 12.2. The first-order valence-electron chi connectivity index (χ1n) is 5.44. The Morgan fingerprint density at radius 3 is 2.72 bits per heavy atom. The van der Waals surface area contributed by atoms with E-state index in [1.807, 2.05) is 13.0 Å². The van der Waals surface area contributed by atoms with E-state index >= 15 is 0 Å². The molecule has 18 heavy (non-hydrogen) atoms. The molecular formula is C13H12BrNO2S. The first kappa shape index (κ1) is 13.1. The lowest BCUT2D eigenvalue weighted by atomic mass is 10.1. The van der Waals surface area contributed by atoms with Crippen LogP contribution >= 0.6 is 27.3 Å². The number of nitrogen functional groups attached to an aromatic ring is 1. The van der Waals surface area contributed by atoms with Crippen LogP contribution in [0.3, 0.4) is 0 Å². The van der Waals surface area contributed by atoms with Gasteiger partial charge in [-0.2, -0.15) is 0 Å². The minimum atomic E-state index is -0.0274. The summed E-state index contributed by atoms with van der Waals surface area (Å²) in [6.07, 6.45) is 0. The van der Waals surface area contributed by atoms with Gasteiger partial charge in [-0.25, -0.2) is 0 Å². The fourth-order valence-electron chi connectivity index (χ4n) is 1.56. The van der Waals surface area contributed by atoms with Crippen molar-refractivity contribution in [2.24, 2.45) is 0 Å². The fraction of sp³-hybridized carbons (Fsp3) is 0.154. The van der Waals surface area contributed by atoms with Gasteiger partial charge in [0.15, 0.2) is 0 Å². The Morgan fingerprint density at radius 2 is 2.17 bits per heavy atom. The van der Waals surface area contributed by atoms with Gasteiger partial charge in [-0.3, -0.25) is 4.79 Å². The summed E-state index contributed by atoms with van der Waals surface area (Å²) in [6.45, 7) is 2.44. The third-order valence-electron chi connectivity index (χ3n) is 2.37. The van der Waals surface area contributed by atoms with E-state index in [1.54, 1.807) is 24.3 Å². The predicted molar refractivity (Wildman–Crippen MR) is 77.5 cm³/mol. The van der Waals surface area contributed by atoms with Crippen molar-refractivity contribution < 1.29 is 9.53 Å². The molecule has 0 bridgehead atoms. The molecule has 1 heterocycles. The van der Waals surface area contributed by atoms with Crippen LogP contribution in [0.4, 0.5) is 5.69 Å². The SMILES string of the molecule is CCOc1ccc(C(=O)c2ccc(Br)s2)cc1N. The second-order valence-corrected chi connectivity index (χ2v) is 6.08. The van der Waals surface area contributed by atoms with Crippen LogP contribution in [0.15, 0.2) is 34.1 Å². The molecule has 0 aliphatic rings. The van der Waals surface area contributed by atoms with Gasteiger partial charge in [-0.05, 0) is 53.2 Å². The molecule has 3 nitrogen and oxygen atoms in total. The summed E-state index contributed by atoms with van der Waals surface area (Å²) in [5, 5.41) is 0. The minimum absolute atomic E-state index is 0.0274. The van der Waals surface area contributed by atoms with Crippen molar-refractivity contribution in [3.8, 4) is 5.75 Å². The molecular weight excluding hydrogens is 314 g/mol. The molecule has 0 amide bonds. The van der Waals surface area contributed by atoms with Crippen molar-refractivity contribution in [1.82, 2.24) is 0 Å². The van der Waals surface area contributed by atoms with Crippen molar-refractivity contribution in [3.05, 3.63) is 44.6 Å². The van der Waals surface area contributed by atoms with Crippen LogP contribution in [0, 0.1) is 0 Å². The highest BCUT2D eigenvalue weighted by atomic mass is 79.9. The summed E-state index contributed by atoms with van der Waals surface area (Å²) in [6, 6.07) is 8.77. The van der Waals surface area contributed by atoms with E-state index in [0.717, 1.165) is 3.79 Å². The molecule has 0 spiro atoms. The average Bonchev–Trinajstić information content (AvgIpc) is 2.78. The molecule has 2 rings (SSSR count). The van der Waals surface area contributed by atoms with E-state index in [2.05, 4.69) is 15.9 Å². The smallest absolute Gasteiger partial charge is 0.203 e. The molecule has 0 unspecified atom stereocenters. The predicted octanol–water partition coefficient (Wildman–Crippen LogP) is 3.72. The van der Waals surface area contributed by atoms with E-state index in [9.17, 15) is 4.79 Å². The normalized spacial score (nSPS) is 10.3. The van der Waals surface area contributed by atoms with Gasteiger partial charge < -0.3 is 10.5 Å². The van der Waals surface area contributed by atoms with Crippen LogP contribution in [0.25, 0.3) is 0 Å². The Kier molecular flexibility index (Phi) is 4.04. The molecule has 0 radical (unpaired) electrons. The summed E-state index contributed by atoms with van der Waals surface area (Å²) in [5.74, 6) is 0.585. The van der Waals surface area contributed by atoms with Gasteiger partial charge in [0.25, 0.3) is 0 Å². The van der Waals surface area contributed by atoms with Crippen LogP contribution in [0.5, 0.6) is 5.75 Å². The van der Waals surface area contributed by atoms with E-state index in [1.165, 1.54) is 11.3 Å². The van der Waals surface area contributed by atoms with Gasteiger partial charge >= 0.3 is 0 Å². The molecule has 0 aliphatic heterocycles. The Labute approximate surface area is 118 Å². The molecule has 0 saturated heterocycles. The zero-order valence-electron chi connectivity index (χ0n) is 9.77. The molecule has 5 heteroatoms. The molecule has 0 atom stereocenters. The summed E-state index contributed by atoms with van der Waals surface area (Å²) in [7, 11) is 0. The zero-order chi connectivity index (χ0) is 13.1. The second-order valence-electron chi connectivity index (χ2n) is 3.62. The van der Waals surface area contributed by atoms with Gasteiger partial charge in [0, 0.05) is 5.56 Å². The number of carbonyl (C=O) groups excluding carboxylic acids is 1. The number of ketones is 1. The maximum Gasteiger partial charge on any atom is 0.203 e. The van der Waals surface area contributed by atoms with Crippen molar-refractivity contribution in [1.29, 1.82) is 0 Å². The van der Waals surface area contributed by atoms with Crippen LogP contribution < -0.4 is 10.5 Å². The number of rotatable bonds is 4. The van der Waals surface area contributed by atoms with Crippen LogP contribution in [0.2, 0.25) is 0 Å². The molecule has 2 N–H and O–H groups in total. The number of halogens is 1. The van der Waals surface area contributed by atoms with E-state index < -0.39 is 0 Å². The van der Waals surface area contributed by atoms with Crippen LogP contribution in [0.1, 0.15) is 22.2 Å². The first-order valence-corrected chi connectivity index (χ1v) is 7.05. The van der Waals surface area contributed by atoms with Gasteiger partial charge in [0.1, 0.15) is 5.75 Å². The number of benzene rings is 1. The van der Waals surface area contributed by atoms with E-state index in [0.29, 0.717) is 28.5 Å². The summed E-state index contributed by atoms with van der Waals surface area (Å²) in [5.41, 5.74) is 6.90. The van der Waals surface area contributed by atoms with Crippen molar-refractivity contribution >= 4 is 38.7 Å². The topological polar surface area (TPSA) is 52.3 Å². The highest BCUT2D eigenvalue weighted by molar-refractivity contribution is 9.11. The largest absolute Gasteiger partial charge is 0.492 e. The number of anilines is 1. The summed E-state index contributed by atoms with van der Waals surface area (Å²) < 4.78 is 6.27. The third kappa shape index (κ3) is 2.73. The van der Waals surface area contributed by atoms with E-state index in [4.69, 9.17) is 10.5 Å². The fourth-order valence-corrected chi connectivity index (χ4v) is 2.90. The van der Waals surface area contributed by atoms with Crippen LogP contribution in [-0.4, -0.2) is 12.4 Å². The average molecular weight is 326 g/mol. The number of hydrogen-bond acceptors (Lipinski definition) is 4. The maximum atomic E-state index is 12.2. The Hall–Kier alpha value is -1.33. The molecule has 1 aromatic heterocycles. The first-order chi connectivity index (χ1) is 8.61. The zero-order valence-corrected chi connectivity index (χ0v) is 12.2. The number of hydrogen-bond donors (Lipinski definition) is 1. The van der Waals surface area contributed by atoms with E-state index in [-0.39, 0.29) is 5.78 Å². The van der Waals surface area contributed by atoms with Gasteiger partial charge in [0.2, 0.25) is 5.78 Å². The molecule has 94 valence electrons. The van der Waals surface area contributed by atoms with Crippen molar-refractivity contribution in [2.75, 3.05) is 12.3 Å². The lowest BCUT2D eigenvalue weighted by Crippen LogP contribution is -2.02. The van der Waals surface area contributed by atoms with Gasteiger partial charge in [-0.15, -0.1) is 11.3 Å². The van der Waals surface area contributed by atoms with Crippen molar-refractivity contribution in [2.45, 2.75) is 6.92 Å². The molecule has 1 aromatic carbocycles. The number of carbonyl (C=O) groups is 1. The second kappa shape index (κ2) is 5.54. The molecule has 0 aliphatic carbocycles. The minimum Gasteiger partial charge on any atom is -0.492 e. The Balaban J connectivity index is 2.29. The van der Waals surface area contributed by atoms with Gasteiger partial charge in [0.05, 0.1) is 21.0 Å². The van der Waals surface area contributed by atoms with Crippen molar-refractivity contribution in [3.63, 3.8) is 0 Å². The monoisotopic (exact) mass is 325 g/mol. The number of ether oxygens (including phenoxy) is 1. The standard InChI is InChI=1S/C13H12BrNO2S/c1-2-17-10-4-3-8(7-9(10)15)13(16)11-5-6-12(14)18-11/h3-7H,2,15H2,1H3. The Bertz CT molecular complexity index is 580. The van der Waals surface area contributed by atoms with Crippen LogP contribution in [-0.2, 0) is 0 Å². The Morgan fingerprint density at radius 1 is 1.39 bits per heavy atom. The summed E-state index contributed by atoms with van der Waals surface area (Å²) in [4.78, 5) is 12.9. The highest BCUT2D eigenvalue weighted by Crippen LogP contribution is 2.27. The molecule has 2 aromatic rings. The highest BCUT2D eigenvalue weighted by Gasteiger charge is 2.13. The van der Waals surface area contributed by atoms with Gasteiger partial charge in [-0.1, -0.05) is 0 Å². The quantitative estimate of drug-likeness (QED) is 0.688. The lowest BCUT2D eigenvalue weighted by Gasteiger charge is -2.07.